The number of aliphatic hydroxyl groups is 1. The van der Waals surface area contributed by atoms with Gasteiger partial charge in [0.1, 0.15) is 12.2 Å². The van der Waals surface area contributed by atoms with E-state index in [2.05, 4.69) is 11.8 Å². The largest absolute Gasteiger partial charge is 0.462 e. The standard InChI is InChI=1S/C27H41NO8/c1-7-28-11-25(12-32-3)17(36-13(2)29)9-18(34-5)27-15-8-14-19(15)26(31,10-16(33-4)21(14)30)20(24(27)28)22(35-6)23(25)27/h14-20,22-24,31H,7-12H2,1-6H3/t14-,15+,16+,17+,18-,19-,20-,22-,23+,24?,25-,26+,27-/m0/s1. The van der Waals surface area contributed by atoms with Crippen molar-refractivity contribution >= 4 is 11.8 Å². The van der Waals surface area contributed by atoms with Gasteiger partial charge in [0.15, 0.2) is 5.78 Å². The fourth-order valence-corrected chi connectivity index (χ4v) is 10.9. The highest BCUT2D eigenvalue weighted by atomic mass is 16.6. The van der Waals surface area contributed by atoms with Crippen LogP contribution < -0.4 is 0 Å². The highest BCUT2D eigenvalue weighted by Crippen LogP contribution is 2.80. The molecule has 1 saturated heterocycles. The number of hydrogen-bond acceptors (Lipinski definition) is 9. The first-order valence-electron chi connectivity index (χ1n) is 13.5. The highest BCUT2D eigenvalue weighted by molar-refractivity contribution is 5.88. The normalized spacial score (nSPS) is 54.6. The van der Waals surface area contributed by atoms with Crippen molar-refractivity contribution in [1.82, 2.24) is 4.90 Å². The lowest BCUT2D eigenvalue weighted by Gasteiger charge is -2.75. The molecule has 1 unspecified atom stereocenters. The molecule has 5 aliphatic carbocycles. The minimum absolute atomic E-state index is 0.0311. The van der Waals surface area contributed by atoms with Crippen molar-refractivity contribution in [3.05, 3.63) is 0 Å². The molecule has 13 atom stereocenters. The molecule has 36 heavy (non-hydrogen) atoms. The summed E-state index contributed by atoms with van der Waals surface area (Å²) in [5.41, 5.74) is -1.93. The summed E-state index contributed by atoms with van der Waals surface area (Å²) in [6.45, 7) is 5.51. The van der Waals surface area contributed by atoms with Gasteiger partial charge in [0.2, 0.25) is 0 Å². The van der Waals surface area contributed by atoms with Crippen LogP contribution in [0.1, 0.15) is 33.1 Å². The fraction of sp³-hybridized carbons (Fsp3) is 0.926. The molecule has 1 N–H and O–H groups in total. The number of Topliss-reactive ketones (excluding diaryl/α,β-unsaturated/α-hetero) is 1. The second-order valence-corrected chi connectivity index (χ2v) is 12.2. The summed E-state index contributed by atoms with van der Waals surface area (Å²) < 4.78 is 30.3. The Balaban J connectivity index is 1.61. The third kappa shape index (κ3) is 2.63. The van der Waals surface area contributed by atoms with E-state index in [1.165, 1.54) is 6.92 Å². The molecule has 1 aliphatic heterocycles. The lowest BCUT2D eigenvalue weighted by Crippen LogP contribution is -2.82. The Labute approximate surface area is 213 Å². The number of carbonyl (C=O) groups is 2. The molecule has 0 radical (unpaired) electrons. The third-order valence-corrected chi connectivity index (χ3v) is 11.5. The minimum Gasteiger partial charge on any atom is -0.462 e. The summed E-state index contributed by atoms with van der Waals surface area (Å²) in [5, 5.41) is 12.7. The first-order chi connectivity index (χ1) is 17.2. The summed E-state index contributed by atoms with van der Waals surface area (Å²) in [4.78, 5) is 28.1. The zero-order valence-corrected chi connectivity index (χ0v) is 22.3. The van der Waals surface area contributed by atoms with Gasteiger partial charge >= 0.3 is 5.97 Å². The number of fused-ring (bicyclic) bond motifs is 1. The summed E-state index contributed by atoms with van der Waals surface area (Å²) in [5.74, 6) is -0.688. The summed E-state index contributed by atoms with van der Waals surface area (Å²) in [6.07, 6.45) is 0.115. The molecule has 0 aromatic heterocycles. The zero-order valence-electron chi connectivity index (χ0n) is 22.3. The Morgan fingerprint density at radius 2 is 1.83 bits per heavy atom. The van der Waals surface area contributed by atoms with E-state index in [9.17, 15) is 14.7 Å². The maximum Gasteiger partial charge on any atom is 0.302 e. The smallest absolute Gasteiger partial charge is 0.302 e. The van der Waals surface area contributed by atoms with Crippen LogP contribution in [0.5, 0.6) is 0 Å². The van der Waals surface area contributed by atoms with Crippen LogP contribution in [0.4, 0.5) is 0 Å². The van der Waals surface area contributed by atoms with Gasteiger partial charge in [-0.15, -0.1) is 0 Å². The molecular formula is C27H41NO8. The topological polar surface area (TPSA) is 104 Å². The number of hydrogen-bond donors (Lipinski definition) is 1. The van der Waals surface area contributed by atoms with Gasteiger partial charge in [0.05, 0.1) is 24.4 Å². The van der Waals surface area contributed by atoms with Gasteiger partial charge < -0.3 is 28.8 Å². The number of nitrogens with zero attached hydrogens (tertiary/aromatic N) is 1. The molecule has 6 fully saturated rings. The first kappa shape index (κ1) is 25.2. The number of rotatable bonds is 7. The van der Waals surface area contributed by atoms with E-state index < -0.39 is 23.2 Å². The molecular weight excluding hydrogens is 466 g/mol. The van der Waals surface area contributed by atoms with Gasteiger partial charge in [-0.2, -0.15) is 0 Å². The molecule has 202 valence electrons. The van der Waals surface area contributed by atoms with E-state index in [-0.39, 0.29) is 65.0 Å². The first-order valence-corrected chi connectivity index (χ1v) is 13.5. The Hall–Kier alpha value is -1.10. The number of ether oxygens (including phenoxy) is 5. The molecule has 6 aliphatic rings. The number of likely N-dealkylation sites (tertiary alicyclic amines) is 1. The van der Waals surface area contributed by atoms with Gasteiger partial charge in [-0.25, -0.2) is 0 Å². The number of methoxy groups -OCH3 is 4. The molecule has 5 saturated carbocycles. The predicted octanol–water partition coefficient (Wildman–Crippen LogP) is 0.906. The minimum atomic E-state index is -1.08. The van der Waals surface area contributed by atoms with E-state index in [0.29, 0.717) is 26.0 Å². The van der Waals surface area contributed by atoms with Crippen LogP contribution in [-0.4, -0.2) is 106 Å². The van der Waals surface area contributed by atoms with Crippen molar-refractivity contribution in [3.8, 4) is 0 Å². The maximum atomic E-state index is 13.3. The Morgan fingerprint density at radius 1 is 1.08 bits per heavy atom. The van der Waals surface area contributed by atoms with Crippen LogP contribution in [-0.2, 0) is 33.3 Å². The molecule has 6 rings (SSSR count). The third-order valence-electron chi connectivity index (χ3n) is 11.5. The molecule has 0 amide bonds. The quantitative estimate of drug-likeness (QED) is 0.504. The SMILES string of the molecule is CCN1C[C@@]2(COC)[C@H]3[C@@H](OC)[C@H]4C1[C@]3([C@@H](OC)C[C@H]2OC(C)=O)[C@@H]1C[C@@H]2C(=O)[C@H](OC)C[C@@]4(O)[C@@H]21. The molecule has 9 heteroatoms. The van der Waals surface area contributed by atoms with Crippen LogP contribution in [0.15, 0.2) is 0 Å². The average molecular weight is 508 g/mol. The van der Waals surface area contributed by atoms with Crippen LogP contribution in [0.25, 0.3) is 0 Å². The molecule has 9 nitrogen and oxygen atoms in total. The van der Waals surface area contributed by atoms with E-state index in [0.717, 1.165) is 13.0 Å². The van der Waals surface area contributed by atoms with Crippen LogP contribution in [0.2, 0.25) is 0 Å². The maximum absolute atomic E-state index is 13.3. The van der Waals surface area contributed by atoms with Crippen molar-refractivity contribution in [2.45, 2.75) is 69.2 Å². The number of esters is 1. The predicted molar refractivity (Wildman–Crippen MR) is 127 cm³/mol. The average Bonchev–Trinajstić information content (AvgIpc) is 3.01. The van der Waals surface area contributed by atoms with Crippen molar-refractivity contribution in [1.29, 1.82) is 0 Å². The van der Waals surface area contributed by atoms with E-state index >= 15 is 0 Å². The monoisotopic (exact) mass is 507 g/mol. The number of carbonyl (C=O) groups excluding carboxylic acids is 2. The summed E-state index contributed by atoms with van der Waals surface area (Å²) in [7, 11) is 6.75. The molecule has 0 aromatic rings. The molecule has 5 bridgehead atoms. The lowest BCUT2D eigenvalue weighted by molar-refractivity contribution is -0.325. The number of ketones is 1. The van der Waals surface area contributed by atoms with E-state index in [1.54, 1.807) is 28.4 Å². The van der Waals surface area contributed by atoms with Gasteiger partial charge in [0, 0.05) is 95.3 Å². The molecule has 1 heterocycles. The Kier molecular flexibility index (Phi) is 5.74. The van der Waals surface area contributed by atoms with Gasteiger partial charge in [-0.3, -0.25) is 14.5 Å². The van der Waals surface area contributed by atoms with Crippen molar-refractivity contribution in [2.75, 3.05) is 48.1 Å². The molecule has 0 aromatic carbocycles. The van der Waals surface area contributed by atoms with E-state index in [1.807, 2.05) is 0 Å². The second-order valence-electron chi connectivity index (χ2n) is 12.2. The van der Waals surface area contributed by atoms with Gasteiger partial charge in [0.25, 0.3) is 0 Å². The van der Waals surface area contributed by atoms with Crippen LogP contribution >= 0.6 is 0 Å². The summed E-state index contributed by atoms with van der Waals surface area (Å²) in [6, 6.07) is 0.0311. The lowest BCUT2D eigenvalue weighted by atomic mass is 9.34. The van der Waals surface area contributed by atoms with E-state index in [4.69, 9.17) is 23.7 Å². The van der Waals surface area contributed by atoms with Crippen molar-refractivity contribution in [3.63, 3.8) is 0 Å². The number of piperidine rings is 1. The molecule has 1 spiro atoms. The Bertz CT molecular complexity index is 945. The van der Waals surface area contributed by atoms with Crippen LogP contribution in [0, 0.1) is 40.4 Å². The zero-order chi connectivity index (χ0) is 25.8. The van der Waals surface area contributed by atoms with Gasteiger partial charge in [-0.1, -0.05) is 6.92 Å². The highest BCUT2D eigenvalue weighted by Gasteiger charge is 2.88. The second kappa shape index (κ2) is 8.20. The Morgan fingerprint density at radius 3 is 2.42 bits per heavy atom. The van der Waals surface area contributed by atoms with Gasteiger partial charge in [-0.05, 0) is 18.9 Å². The van der Waals surface area contributed by atoms with Crippen molar-refractivity contribution < 1.29 is 38.4 Å². The fourth-order valence-electron chi connectivity index (χ4n) is 10.9. The summed E-state index contributed by atoms with van der Waals surface area (Å²) >= 11 is 0. The van der Waals surface area contributed by atoms with Crippen molar-refractivity contribution in [2.24, 2.45) is 40.4 Å². The van der Waals surface area contributed by atoms with Crippen LogP contribution in [0.3, 0.4) is 0 Å².